The van der Waals surface area contributed by atoms with Crippen molar-refractivity contribution in [3.63, 3.8) is 0 Å². The maximum absolute atomic E-state index is 11.3. The van der Waals surface area contributed by atoms with E-state index in [4.69, 9.17) is 9.47 Å². The molecule has 0 bridgehead atoms. The second kappa shape index (κ2) is 4.79. The van der Waals surface area contributed by atoms with Gasteiger partial charge in [-0.1, -0.05) is 12.1 Å². The van der Waals surface area contributed by atoms with Crippen LogP contribution < -0.4 is 4.74 Å². The van der Waals surface area contributed by atoms with E-state index in [2.05, 4.69) is 0 Å². The Kier molecular flexibility index (Phi) is 3.66. The lowest BCUT2D eigenvalue weighted by atomic mass is 10.2. The van der Waals surface area contributed by atoms with E-state index in [1.165, 1.54) is 12.1 Å². The van der Waals surface area contributed by atoms with E-state index < -0.39 is 11.8 Å². The highest BCUT2D eigenvalue weighted by atomic mass is 16.7. The summed E-state index contributed by atoms with van der Waals surface area (Å²) in [5.74, 6) is 0.145. The molecule has 1 rings (SSSR count). The number of ether oxygens (including phenoxy) is 2. The first kappa shape index (κ1) is 12.2. The molecular formula is C12H13O4. The van der Waals surface area contributed by atoms with Crippen molar-refractivity contribution in [3.8, 4) is 5.75 Å². The minimum absolute atomic E-state index is 0.145. The van der Waals surface area contributed by atoms with E-state index in [-0.39, 0.29) is 11.3 Å². The fourth-order valence-electron chi connectivity index (χ4n) is 1.00. The minimum Gasteiger partial charge on any atom is -0.428 e. The average Bonchev–Trinajstić information content (AvgIpc) is 2.15. The molecule has 1 aromatic carbocycles. The highest BCUT2D eigenvalue weighted by molar-refractivity contribution is 5.81. The monoisotopic (exact) mass is 221 g/mol. The van der Waals surface area contributed by atoms with Crippen molar-refractivity contribution in [1.82, 2.24) is 0 Å². The van der Waals surface area contributed by atoms with Gasteiger partial charge in [-0.05, 0) is 32.9 Å². The van der Waals surface area contributed by atoms with Gasteiger partial charge in [0.2, 0.25) is 6.29 Å². The Morgan fingerprint density at radius 2 is 1.88 bits per heavy atom. The van der Waals surface area contributed by atoms with E-state index in [9.17, 15) is 9.59 Å². The van der Waals surface area contributed by atoms with Gasteiger partial charge in [-0.25, -0.2) is 4.79 Å². The Morgan fingerprint density at radius 3 is 2.44 bits per heavy atom. The van der Waals surface area contributed by atoms with Crippen molar-refractivity contribution in [1.29, 1.82) is 0 Å². The van der Waals surface area contributed by atoms with E-state index in [0.29, 0.717) is 0 Å². The number of carbonyl (C=O) groups is 1. The lowest BCUT2D eigenvalue weighted by Gasteiger charge is -2.18. The standard InChI is InChI=1S/C12H13O4/c1-12(2,3)16-11(14)15-10-7-5-4-6-9(10)8-13/h4-7H,1-3H3. The predicted octanol–water partition coefficient (Wildman–Crippen LogP) is 2.46. The maximum atomic E-state index is 11.3. The number of rotatable bonds is 2. The van der Waals surface area contributed by atoms with Gasteiger partial charge in [-0.2, -0.15) is 0 Å². The molecule has 0 aliphatic rings. The third-order valence-corrected chi connectivity index (χ3v) is 1.58. The number of benzene rings is 1. The van der Waals surface area contributed by atoms with Gasteiger partial charge >= 0.3 is 6.16 Å². The summed E-state index contributed by atoms with van der Waals surface area (Å²) in [5.41, 5.74) is -0.440. The van der Waals surface area contributed by atoms with Crippen molar-refractivity contribution in [2.45, 2.75) is 26.4 Å². The van der Waals surface area contributed by atoms with Gasteiger partial charge in [0, 0.05) is 0 Å². The van der Waals surface area contributed by atoms with Crippen LogP contribution in [0.1, 0.15) is 26.3 Å². The fourth-order valence-corrected chi connectivity index (χ4v) is 1.00. The molecular weight excluding hydrogens is 208 g/mol. The van der Waals surface area contributed by atoms with Gasteiger partial charge in [-0.15, -0.1) is 0 Å². The number of carbonyl (C=O) groups excluding carboxylic acids is 2. The topological polar surface area (TPSA) is 52.6 Å². The van der Waals surface area contributed by atoms with E-state index in [1.807, 2.05) is 0 Å². The molecule has 4 heteroatoms. The third-order valence-electron chi connectivity index (χ3n) is 1.58. The Bertz CT molecular complexity index is 390. The molecule has 0 fully saturated rings. The molecule has 0 atom stereocenters. The summed E-state index contributed by atoms with van der Waals surface area (Å²) in [6, 6.07) is 6.32. The molecule has 4 nitrogen and oxygen atoms in total. The lowest BCUT2D eigenvalue weighted by molar-refractivity contribution is 0.0206. The van der Waals surface area contributed by atoms with Crippen molar-refractivity contribution in [3.05, 3.63) is 29.8 Å². The van der Waals surface area contributed by atoms with Crippen LogP contribution >= 0.6 is 0 Å². The Balaban J connectivity index is 2.73. The SMILES string of the molecule is CC(C)(C)OC(=O)Oc1ccccc1[C]=O. The molecule has 0 heterocycles. The fraction of sp³-hybridized carbons (Fsp3) is 0.333. The summed E-state index contributed by atoms with van der Waals surface area (Å²) in [6.45, 7) is 5.18. The molecule has 0 amide bonds. The summed E-state index contributed by atoms with van der Waals surface area (Å²) >= 11 is 0. The van der Waals surface area contributed by atoms with Crippen LogP contribution in [-0.2, 0) is 9.53 Å². The van der Waals surface area contributed by atoms with Gasteiger partial charge in [0.1, 0.15) is 11.4 Å². The summed E-state index contributed by atoms with van der Waals surface area (Å²) in [7, 11) is 0. The molecule has 0 saturated heterocycles. The Morgan fingerprint density at radius 1 is 1.25 bits per heavy atom. The molecule has 1 aromatic rings. The predicted molar refractivity (Wildman–Crippen MR) is 58.1 cm³/mol. The second-order valence-electron chi connectivity index (χ2n) is 4.16. The number of para-hydroxylation sites is 1. The molecule has 0 aliphatic heterocycles. The van der Waals surface area contributed by atoms with Crippen molar-refractivity contribution in [2.24, 2.45) is 0 Å². The van der Waals surface area contributed by atoms with Gasteiger partial charge in [0.15, 0.2) is 0 Å². The highest BCUT2D eigenvalue weighted by Gasteiger charge is 2.18. The molecule has 0 N–H and O–H groups in total. The summed E-state index contributed by atoms with van der Waals surface area (Å²) in [5, 5.41) is 0. The van der Waals surface area contributed by atoms with Gasteiger partial charge in [-0.3, -0.25) is 4.79 Å². The van der Waals surface area contributed by atoms with E-state index in [0.717, 1.165) is 0 Å². The van der Waals surface area contributed by atoms with Crippen LogP contribution in [-0.4, -0.2) is 18.0 Å². The smallest absolute Gasteiger partial charge is 0.428 e. The largest absolute Gasteiger partial charge is 0.514 e. The average molecular weight is 221 g/mol. The minimum atomic E-state index is -0.838. The molecule has 85 valence electrons. The molecule has 0 spiro atoms. The third kappa shape index (κ3) is 3.73. The molecule has 1 radical (unpaired) electrons. The lowest BCUT2D eigenvalue weighted by Crippen LogP contribution is -2.26. The zero-order chi connectivity index (χ0) is 12.2. The molecule has 0 aromatic heterocycles. The van der Waals surface area contributed by atoms with E-state index >= 15 is 0 Å². The zero-order valence-electron chi connectivity index (χ0n) is 9.44. The van der Waals surface area contributed by atoms with Crippen LogP contribution in [0.15, 0.2) is 24.3 Å². The summed E-state index contributed by atoms with van der Waals surface area (Å²) in [6.07, 6.45) is 0.843. The quantitative estimate of drug-likeness (QED) is 0.568. The first-order valence-corrected chi connectivity index (χ1v) is 4.80. The van der Waals surface area contributed by atoms with Crippen LogP contribution in [0.3, 0.4) is 0 Å². The van der Waals surface area contributed by atoms with Crippen LogP contribution in [0.5, 0.6) is 5.75 Å². The van der Waals surface area contributed by atoms with Gasteiger partial charge in [0.25, 0.3) is 0 Å². The molecule has 16 heavy (non-hydrogen) atoms. The van der Waals surface area contributed by atoms with Gasteiger partial charge in [0.05, 0.1) is 5.56 Å². The van der Waals surface area contributed by atoms with Crippen LogP contribution in [0, 0.1) is 0 Å². The molecule has 0 aliphatic carbocycles. The van der Waals surface area contributed by atoms with Crippen LogP contribution in [0.2, 0.25) is 0 Å². The second-order valence-corrected chi connectivity index (χ2v) is 4.16. The highest BCUT2D eigenvalue weighted by Crippen LogP contribution is 2.17. The normalized spacial score (nSPS) is 10.7. The summed E-state index contributed by atoms with van der Waals surface area (Å²) in [4.78, 5) is 21.9. The number of hydrogen-bond acceptors (Lipinski definition) is 4. The van der Waals surface area contributed by atoms with Crippen LogP contribution in [0.25, 0.3) is 0 Å². The van der Waals surface area contributed by atoms with Crippen molar-refractivity contribution >= 4 is 12.4 Å². The zero-order valence-corrected chi connectivity index (χ0v) is 9.44. The number of hydrogen-bond donors (Lipinski definition) is 0. The molecule has 0 unspecified atom stereocenters. The first-order valence-electron chi connectivity index (χ1n) is 4.80. The Hall–Kier alpha value is -1.84. The molecule has 0 saturated carbocycles. The Labute approximate surface area is 94.2 Å². The van der Waals surface area contributed by atoms with Gasteiger partial charge < -0.3 is 9.47 Å². The van der Waals surface area contributed by atoms with Crippen molar-refractivity contribution in [2.75, 3.05) is 0 Å². The maximum Gasteiger partial charge on any atom is 0.514 e. The first-order chi connectivity index (χ1) is 7.42. The van der Waals surface area contributed by atoms with Crippen LogP contribution in [0.4, 0.5) is 4.79 Å². The summed E-state index contributed by atoms with van der Waals surface area (Å²) < 4.78 is 9.84. The van der Waals surface area contributed by atoms with E-state index in [1.54, 1.807) is 39.2 Å². The van der Waals surface area contributed by atoms with Crippen molar-refractivity contribution < 1.29 is 19.1 Å².